The highest BCUT2D eigenvalue weighted by atomic mass is 32.2. The van der Waals surface area contributed by atoms with Crippen LogP contribution in [0.5, 0.6) is 0 Å². The monoisotopic (exact) mass is 405 g/mol. The first kappa shape index (κ1) is 21.4. The van der Waals surface area contributed by atoms with Crippen LogP contribution in [-0.2, 0) is 21.2 Å². The number of nitrogens with one attached hydrogen (secondary N) is 2. The molecule has 8 nitrogen and oxygen atoms in total. The van der Waals surface area contributed by atoms with Crippen molar-refractivity contribution in [3.05, 3.63) is 58.1 Å². The highest BCUT2D eigenvalue weighted by molar-refractivity contribution is 7.90. The standard InChI is InChI=1S/C19H23N3O5S/c1-13(2)10-18(23)21-15-7-4-6-14(11-15)12-20-16-8-5-9-17(28(3,26)27)19(16)22(24)25/h4-9,11,13,20H,10,12H2,1-3H3,(H,21,23). The predicted molar refractivity (Wildman–Crippen MR) is 108 cm³/mol. The maximum atomic E-state index is 11.9. The number of sulfone groups is 1. The Morgan fingerprint density at radius 1 is 1.18 bits per heavy atom. The van der Waals surface area contributed by atoms with Crippen molar-refractivity contribution in [2.45, 2.75) is 31.7 Å². The van der Waals surface area contributed by atoms with Crippen LogP contribution in [0.2, 0.25) is 0 Å². The van der Waals surface area contributed by atoms with E-state index in [9.17, 15) is 23.3 Å². The molecule has 1 amide bonds. The van der Waals surface area contributed by atoms with E-state index in [2.05, 4.69) is 10.6 Å². The summed E-state index contributed by atoms with van der Waals surface area (Å²) in [6.07, 6.45) is 1.34. The molecule has 150 valence electrons. The van der Waals surface area contributed by atoms with Crippen molar-refractivity contribution in [3.63, 3.8) is 0 Å². The van der Waals surface area contributed by atoms with Crippen molar-refractivity contribution in [1.29, 1.82) is 0 Å². The molecular formula is C19H23N3O5S. The van der Waals surface area contributed by atoms with Gasteiger partial charge in [-0.25, -0.2) is 8.42 Å². The van der Waals surface area contributed by atoms with Gasteiger partial charge in [0.2, 0.25) is 5.91 Å². The number of hydrogen-bond acceptors (Lipinski definition) is 6. The lowest BCUT2D eigenvalue weighted by Gasteiger charge is -2.11. The Bertz CT molecular complexity index is 987. The number of nitro benzene ring substituents is 1. The van der Waals surface area contributed by atoms with Crippen molar-refractivity contribution in [1.82, 2.24) is 0 Å². The number of amides is 1. The van der Waals surface area contributed by atoms with Crippen LogP contribution in [0.3, 0.4) is 0 Å². The molecule has 2 aromatic rings. The van der Waals surface area contributed by atoms with E-state index < -0.39 is 20.4 Å². The number of para-hydroxylation sites is 1. The zero-order chi connectivity index (χ0) is 20.9. The third-order valence-corrected chi connectivity index (χ3v) is 5.00. The Labute approximate surface area is 164 Å². The average Bonchev–Trinajstić information content (AvgIpc) is 2.58. The Morgan fingerprint density at radius 3 is 2.46 bits per heavy atom. The van der Waals surface area contributed by atoms with Crippen molar-refractivity contribution < 1.29 is 18.1 Å². The van der Waals surface area contributed by atoms with Gasteiger partial charge in [-0.3, -0.25) is 14.9 Å². The van der Waals surface area contributed by atoms with Crippen molar-refractivity contribution in [2.24, 2.45) is 5.92 Å². The molecule has 2 N–H and O–H groups in total. The molecule has 28 heavy (non-hydrogen) atoms. The second-order valence-electron chi connectivity index (χ2n) is 6.88. The summed E-state index contributed by atoms with van der Waals surface area (Å²) in [6, 6.07) is 11.2. The van der Waals surface area contributed by atoms with Gasteiger partial charge >= 0.3 is 5.69 Å². The number of nitro groups is 1. The van der Waals surface area contributed by atoms with Gasteiger partial charge in [0, 0.05) is 24.9 Å². The fourth-order valence-corrected chi connectivity index (χ4v) is 3.55. The Morgan fingerprint density at radius 2 is 1.86 bits per heavy atom. The summed E-state index contributed by atoms with van der Waals surface area (Å²) < 4.78 is 23.7. The van der Waals surface area contributed by atoms with Gasteiger partial charge in [-0.05, 0) is 35.7 Å². The normalized spacial score (nSPS) is 11.3. The zero-order valence-electron chi connectivity index (χ0n) is 15.9. The Kier molecular flexibility index (Phi) is 6.74. The fraction of sp³-hybridized carbons (Fsp3) is 0.316. The minimum absolute atomic E-state index is 0.0865. The number of nitrogens with zero attached hydrogens (tertiary/aromatic N) is 1. The number of anilines is 2. The lowest BCUT2D eigenvalue weighted by atomic mass is 10.1. The van der Waals surface area contributed by atoms with Crippen LogP contribution in [0.25, 0.3) is 0 Å². The molecule has 9 heteroatoms. The first-order chi connectivity index (χ1) is 13.1. The number of carbonyl (C=O) groups excluding carboxylic acids is 1. The van der Waals surface area contributed by atoms with E-state index >= 15 is 0 Å². The molecule has 0 saturated heterocycles. The number of benzene rings is 2. The average molecular weight is 405 g/mol. The first-order valence-corrected chi connectivity index (χ1v) is 10.6. The van der Waals surface area contributed by atoms with Gasteiger partial charge in [0.1, 0.15) is 10.6 Å². The zero-order valence-corrected chi connectivity index (χ0v) is 16.7. The van der Waals surface area contributed by atoms with Crippen LogP contribution in [0.1, 0.15) is 25.8 Å². The van der Waals surface area contributed by atoms with Gasteiger partial charge < -0.3 is 10.6 Å². The third-order valence-electron chi connectivity index (χ3n) is 3.87. The predicted octanol–water partition coefficient (Wildman–Crippen LogP) is 3.60. The lowest BCUT2D eigenvalue weighted by molar-refractivity contribution is -0.386. The first-order valence-electron chi connectivity index (χ1n) is 8.68. The molecule has 0 aliphatic carbocycles. The van der Waals surface area contributed by atoms with E-state index in [1.165, 1.54) is 18.2 Å². The van der Waals surface area contributed by atoms with Crippen molar-refractivity contribution >= 4 is 32.8 Å². The molecule has 0 saturated carbocycles. The van der Waals surface area contributed by atoms with Crippen LogP contribution in [-0.4, -0.2) is 25.5 Å². The summed E-state index contributed by atoms with van der Waals surface area (Å²) in [5.74, 6) is 0.157. The van der Waals surface area contributed by atoms with E-state index in [0.29, 0.717) is 12.1 Å². The highest BCUT2D eigenvalue weighted by Gasteiger charge is 2.25. The van der Waals surface area contributed by atoms with Gasteiger partial charge in [-0.2, -0.15) is 0 Å². The van der Waals surface area contributed by atoms with Gasteiger partial charge in [-0.15, -0.1) is 0 Å². The van der Waals surface area contributed by atoms with Crippen LogP contribution in [0.4, 0.5) is 17.1 Å². The second kappa shape index (κ2) is 8.83. The SMILES string of the molecule is CC(C)CC(=O)Nc1cccc(CNc2cccc(S(C)(=O)=O)c2[N+](=O)[O-])c1. The molecule has 0 fully saturated rings. The summed E-state index contributed by atoms with van der Waals surface area (Å²) in [5, 5.41) is 17.2. The van der Waals surface area contributed by atoms with Gasteiger partial charge in [-0.1, -0.05) is 32.0 Å². The topological polar surface area (TPSA) is 118 Å². The molecule has 0 unspecified atom stereocenters. The molecule has 0 aliphatic heterocycles. The number of rotatable bonds is 8. The van der Waals surface area contributed by atoms with Gasteiger partial charge in [0.25, 0.3) is 0 Å². The van der Waals surface area contributed by atoms with Gasteiger partial charge in [0.05, 0.1) is 4.92 Å². The molecule has 0 heterocycles. The minimum atomic E-state index is -3.74. The molecule has 0 atom stereocenters. The second-order valence-corrected chi connectivity index (χ2v) is 8.87. The van der Waals surface area contributed by atoms with E-state index in [0.717, 1.165) is 11.8 Å². The van der Waals surface area contributed by atoms with Crippen LogP contribution < -0.4 is 10.6 Å². The fourth-order valence-electron chi connectivity index (χ4n) is 2.69. The Hall–Kier alpha value is -2.94. The third kappa shape index (κ3) is 5.78. The van der Waals surface area contributed by atoms with Crippen LogP contribution >= 0.6 is 0 Å². The van der Waals surface area contributed by atoms with Crippen LogP contribution in [0, 0.1) is 16.0 Å². The largest absolute Gasteiger partial charge is 0.375 e. The van der Waals surface area contributed by atoms with E-state index in [1.54, 1.807) is 24.3 Å². The van der Waals surface area contributed by atoms with E-state index in [-0.39, 0.29) is 29.0 Å². The molecule has 2 rings (SSSR count). The lowest BCUT2D eigenvalue weighted by Crippen LogP contribution is -2.14. The molecular weight excluding hydrogens is 382 g/mol. The summed E-state index contributed by atoms with van der Waals surface area (Å²) in [4.78, 5) is 22.3. The Balaban J connectivity index is 2.20. The molecule has 0 bridgehead atoms. The van der Waals surface area contributed by atoms with Crippen molar-refractivity contribution in [3.8, 4) is 0 Å². The quantitative estimate of drug-likeness (QED) is 0.512. The summed E-state index contributed by atoms with van der Waals surface area (Å²) in [5.41, 5.74) is 1.04. The highest BCUT2D eigenvalue weighted by Crippen LogP contribution is 2.32. The smallest absolute Gasteiger partial charge is 0.310 e. The number of hydrogen-bond donors (Lipinski definition) is 2. The maximum Gasteiger partial charge on any atom is 0.310 e. The number of carbonyl (C=O) groups is 1. The molecule has 0 aromatic heterocycles. The molecule has 0 radical (unpaired) electrons. The summed E-state index contributed by atoms with van der Waals surface area (Å²) >= 11 is 0. The molecule has 0 aliphatic rings. The van der Waals surface area contributed by atoms with E-state index in [4.69, 9.17) is 0 Å². The summed E-state index contributed by atoms with van der Waals surface area (Å²) in [7, 11) is -3.74. The molecule has 0 spiro atoms. The van der Waals surface area contributed by atoms with Crippen LogP contribution in [0.15, 0.2) is 47.4 Å². The minimum Gasteiger partial charge on any atom is -0.375 e. The molecule has 2 aromatic carbocycles. The van der Waals surface area contributed by atoms with Gasteiger partial charge in [0.15, 0.2) is 9.84 Å². The summed E-state index contributed by atoms with van der Waals surface area (Å²) in [6.45, 7) is 4.14. The maximum absolute atomic E-state index is 11.9. The van der Waals surface area contributed by atoms with E-state index in [1.807, 2.05) is 13.8 Å². The van der Waals surface area contributed by atoms with Crippen molar-refractivity contribution in [2.75, 3.05) is 16.9 Å².